The fourth-order valence-corrected chi connectivity index (χ4v) is 3.40. The molecule has 8 heteroatoms. The van der Waals surface area contributed by atoms with Crippen LogP contribution >= 0.6 is 11.8 Å². The number of para-hydroxylation sites is 1. The van der Waals surface area contributed by atoms with E-state index in [9.17, 15) is 9.18 Å². The van der Waals surface area contributed by atoms with Crippen molar-refractivity contribution in [2.24, 2.45) is 7.05 Å². The van der Waals surface area contributed by atoms with Crippen molar-refractivity contribution in [2.75, 3.05) is 20.0 Å². The number of ether oxygens (including phenoxy) is 2. The molecule has 0 spiro atoms. The normalized spacial score (nSPS) is 10.7. The number of hydrogen-bond donors (Lipinski definition) is 0. The molecule has 1 aromatic heterocycles. The summed E-state index contributed by atoms with van der Waals surface area (Å²) in [7, 11) is 4.85. The molecule has 140 valence electrons. The molecule has 27 heavy (non-hydrogen) atoms. The number of halogens is 1. The molecule has 0 aliphatic carbocycles. The van der Waals surface area contributed by atoms with Crippen LogP contribution in [0.2, 0.25) is 0 Å². The van der Waals surface area contributed by atoms with E-state index in [0.717, 1.165) is 5.56 Å². The van der Waals surface area contributed by atoms with Gasteiger partial charge in [0.05, 0.1) is 31.1 Å². The van der Waals surface area contributed by atoms with Gasteiger partial charge in [-0.3, -0.25) is 4.79 Å². The third kappa shape index (κ3) is 3.95. The van der Waals surface area contributed by atoms with E-state index in [2.05, 4.69) is 10.2 Å². The quantitative estimate of drug-likeness (QED) is 0.456. The maximum absolute atomic E-state index is 13.5. The van der Waals surface area contributed by atoms with Crippen LogP contribution in [0, 0.1) is 5.82 Å². The lowest BCUT2D eigenvalue weighted by atomic mass is 10.1. The topological polar surface area (TPSA) is 66.2 Å². The number of aromatic nitrogens is 3. The average molecular weight is 387 g/mol. The maximum atomic E-state index is 13.5. The fourth-order valence-electron chi connectivity index (χ4n) is 2.61. The van der Waals surface area contributed by atoms with E-state index in [1.54, 1.807) is 11.7 Å². The Morgan fingerprint density at radius 1 is 1.11 bits per heavy atom. The minimum Gasteiger partial charge on any atom is -0.496 e. The Bertz CT molecular complexity index is 975. The number of Topliss-reactive ketones (excluding diaryl/α,β-unsaturated/α-hetero) is 1. The van der Waals surface area contributed by atoms with Crippen molar-refractivity contribution < 1.29 is 18.7 Å². The second kappa shape index (κ2) is 8.22. The molecule has 0 atom stereocenters. The van der Waals surface area contributed by atoms with Crippen LogP contribution in [0.1, 0.15) is 10.4 Å². The summed E-state index contributed by atoms with van der Waals surface area (Å²) >= 11 is 1.22. The Kier molecular flexibility index (Phi) is 5.75. The Labute approximate surface area is 160 Å². The summed E-state index contributed by atoms with van der Waals surface area (Å²) in [6.45, 7) is 0. The van der Waals surface area contributed by atoms with Crippen molar-refractivity contribution in [1.29, 1.82) is 0 Å². The number of benzene rings is 2. The molecule has 6 nitrogen and oxygen atoms in total. The highest BCUT2D eigenvalue weighted by Crippen LogP contribution is 2.30. The van der Waals surface area contributed by atoms with Gasteiger partial charge in [-0.1, -0.05) is 23.9 Å². The maximum Gasteiger partial charge on any atom is 0.191 e. The van der Waals surface area contributed by atoms with Crippen LogP contribution < -0.4 is 9.47 Å². The highest BCUT2D eigenvalue weighted by atomic mass is 32.2. The number of rotatable bonds is 7. The Morgan fingerprint density at radius 3 is 2.59 bits per heavy atom. The smallest absolute Gasteiger partial charge is 0.191 e. The molecule has 0 saturated heterocycles. The second-order valence-corrected chi connectivity index (χ2v) is 6.56. The lowest BCUT2D eigenvalue weighted by Crippen LogP contribution is -2.06. The van der Waals surface area contributed by atoms with Gasteiger partial charge < -0.3 is 14.0 Å². The first-order valence-corrected chi connectivity index (χ1v) is 9.06. The van der Waals surface area contributed by atoms with E-state index in [-0.39, 0.29) is 17.1 Å². The molecule has 3 aromatic rings. The molecule has 0 amide bonds. The van der Waals surface area contributed by atoms with E-state index < -0.39 is 5.82 Å². The molecule has 3 rings (SSSR count). The summed E-state index contributed by atoms with van der Waals surface area (Å²) in [6.07, 6.45) is 0. The first kappa shape index (κ1) is 18.9. The first-order valence-electron chi connectivity index (χ1n) is 8.07. The van der Waals surface area contributed by atoms with Gasteiger partial charge >= 0.3 is 0 Å². The van der Waals surface area contributed by atoms with Crippen molar-refractivity contribution in [2.45, 2.75) is 5.16 Å². The molecule has 0 fully saturated rings. The van der Waals surface area contributed by atoms with Crippen LogP contribution in [0.3, 0.4) is 0 Å². The van der Waals surface area contributed by atoms with Crippen LogP contribution in [-0.4, -0.2) is 40.5 Å². The molecule has 0 aliphatic rings. The van der Waals surface area contributed by atoms with Gasteiger partial charge in [-0.25, -0.2) is 4.39 Å². The average Bonchev–Trinajstić information content (AvgIpc) is 3.06. The highest BCUT2D eigenvalue weighted by Gasteiger charge is 2.18. The molecule has 0 aliphatic heterocycles. The van der Waals surface area contributed by atoms with Gasteiger partial charge in [-0.05, 0) is 30.3 Å². The van der Waals surface area contributed by atoms with Gasteiger partial charge in [0.1, 0.15) is 17.3 Å². The monoisotopic (exact) mass is 387 g/mol. The van der Waals surface area contributed by atoms with Crippen molar-refractivity contribution in [1.82, 2.24) is 14.8 Å². The van der Waals surface area contributed by atoms with Gasteiger partial charge in [0.15, 0.2) is 16.8 Å². The molecule has 0 unspecified atom stereocenters. The summed E-state index contributed by atoms with van der Waals surface area (Å²) in [5.74, 6) is 1.00. The number of carbonyl (C=O) groups is 1. The molecule has 1 heterocycles. The molecule has 0 radical (unpaired) electrons. The lowest BCUT2D eigenvalue weighted by Gasteiger charge is -2.09. The summed E-state index contributed by atoms with van der Waals surface area (Å²) in [5.41, 5.74) is 1.01. The largest absolute Gasteiger partial charge is 0.496 e. The Hall–Kier alpha value is -2.87. The zero-order valence-electron chi connectivity index (χ0n) is 15.1. The summed E-state index contributed by atoms with van der Waals surface area (Å²) in [5, 5.41) is 8.93. The zero-order chi connectivity index (χ0) is 19.4. The van der Waals surface area contributed by atoms with Gasteiger partial charge in [-0.15, -0.1) is 10.2 Å². The van der Waals surface area contributed by atoms with Crippen LogP contribution in [-0.2, 0) is 7.05 Å². The molecule has 0 saturated carbocycles. The number of thioether (sulfide) groups is 1. The van der Waals surface area contributed by atoms with Gasteiger partial charge in [0, 0.05) is 7.05 Å². The fraction of sp³-hybridized carbons (Fsp3) is 0.211. The third-order valence-electron chi connectivity index (χ3n) is 3.98. The van der Waals surface area contributed by atoms with E-state index in [1.165, 1.54) is 37.1 Å². The predicted octanol–water partition coefficient (Wildman–Crippen LogP) is 3.61. The predicted molar refractivity (Wildman–Crippen MR) is 101 cm³/mol. The van der Waals surface area contributed by atoms with Crippen molar-refractivity contribution in [3.63, 3.8) is 0 Å². The van der Waals surface area contributed by atoms with Gasteiger partial charge in [0.2, 0.25) is 0 Å². The zero-order valence-corrected chi connectivity index (χ0v) is 15.9. The molecule has 0 N–H and O–H groups in total. The second-order valence-electron chi connectivity index (χ2n) is 5.62. The van der Waals surface area contributed by atoms with E-state index in [1.807, 2.05) is 31.3 Å². The first-order chi connectivity index (χ1) is 13.0. The minimum atomic E-state index is -0.485. The summed E-state index contributed by atoms with van der Waals surface area (Å²) < 4.78 is 25.8. The molecular weight excluding hydrogens is 369 g/mol. The van der Waals surface area contributed by atoms with Crippen LogP contribution in [0.25, 0.3) is 11.4 Å². The van der Waals surface area contributed by atoms with Gasteiger partial charge in [0.25, 0.3) is 0 Å². The number of ketones is 1. The third-order valence-corrected chi connectivity index (χ3v) is 5.00. The SMILES string of the molecule is COc1ccc(F)cc1C(=O)CSc1nnc(-c2ccccc2OC)n1C. The molecule has 2 aromatic carbocycles. The summed E-state index contributed by atoms with van der Waals surface area (Å²) in [6, 6.07) is 11.4. The number of carbonyl (C=O) groups excluding carboxylic acids is 1. The van der Waals surface area contributed by atoms with Crippen molar-refractivity contribution in [3.8, 4) is 22.9 Å². The standard InChI is InChI=1S/C19H18FN3O3S/c1-23-18(13-6-4-5-7-16(13)25-2)21-22-19(23)27-11-15(24)14-10-12(20)8-9-17(14)26-3/h4-10H,11H2,1-3H3. The van der Waals surface area contributed by atoms with Crippen LogP contribution in [0.4, 0.5) is 4.39 Å². The lowest BCUT2D eigenvalue weighted by molar-refractivity contribution is 0.101. The number of hydrogen-bond acceptors (Lipinski definition) is 6. The van der Waals surface area contributed by atoms with Crippen molar-refractivity contribution in [3.05, 3.63) is 53.8 Å². The molecule has 0 bridgehead atoms. The Balaban J connectivity index is 1.79. The molecular formula is C19H18FN3O3S. The van der Waals surface area contributed by atoms with Crippen LogP contribution in [0.15, 0.2) is 47.6 Å². The van der Waals surface area contributed by atoms with E-state index >= 15 is 0 Å². The van der Waals surface area contributed by atoms with Crippen molar-refractivity contribution >= 4 is 17.5 Å². The van der Waals surface area contributed by atoms with E-state index in [4.69, 9.17) is 9.47 Å². The number of methoxy groups -OCH3 is 2. The summed E-state index contributed by atoms with van der Waals surface area (Å²) in [4.78, 5) is 12.5. The van der Waals surface area contributed by atoms with Crippen LogP contribution in [0.5, 0.6) is 11.5 Å². The van der Waals surface area contributed by atoms with Gasteiger partial charge in [-0.2, -0.15) is 0 Å². The number of nitrogens with zero attached hydrogens (tertiary/aromatic N) is 3. The minimum absolute atomic E-state index is 0.0811. The Morgan fingerprint density at radius 2 is 1.85 bits per heavy atom. The highest BCUT2D eigenvalue weighted by molar-refractivity contribution is 7.99. The van der Waals surface area contributed by atoms with E-state index in [0.29, 0.717) is 22.5 Å².